The molecule has 1 nitrogen and oxygen atoms in total. The lowest BCUT2D eigenvalue weighted by Gasteiger charge is -1.85. The summed E-state index contributed by atoms with van der Waals surface area (Å²) >= 11 is 0. The van der Waals surface area contributed by atoms with Crippen LogP contribution in [-0.2, 0) is 0 Å². The zero-order valence-electron chi connectivity index (χ0n) is 16.7. The van der Waals surface area contributed by atoms with Gasteiger partial charge in [0.25, 0.3) is 0 Å². The summed E-state index contributed by atoms with van der Waals surface area (Å²) in [4.78, 5) is 0. The third-order valence-corrected chi connectivity index (χ3v) is 2.50. The first-order chi connectivity index (χ1) is 13.6. The molecule has 0 heterocycles. The summed E-state index contributed by atoms with van der Waals surface area (Å²) in [5.41, 5.74) is 2.35. The Morgan fingerprint density at radius 2 is 0.786 bits per heavy atom. The second kappa shape index (κ2) is 27.9. The largest absolute Gasteiger partial charge is 0.193 e. The molecule has 2 aromatic carbocycles. The van der Waals surface area contributed by atoms with Gasteiger partial charge >= 0.3 is 0 Å². The van der Waals surface area contributed by atoms with Crippen molar-refractivity contribution >= 4 is 12.2 Å². The van der Waals surface area contributed by atoms with Crippen LogP contribution in [0.4, 0.5) is 0 Å². The molecule has 0 spiro atoms. The van der Waals surface area contributed by atoms with Crippen molar-refractivity contribution in [2.75, 3.05) is 0 Å². The summed E-state index contributed by atoms with van der Waals surface area (Å²) in [5, 5.41) is 7.51. The molecule has 0 saturated heterocycles. The van der Waals surface area contributed by atoms with Crippen LogP contribution in [0.1, 0.15) is 11.1 Å². The number of hydrogen-bond acceptors (Lipinski definition) is 1. The number of nitrogens with zero attached hydrogens (tertiary/aromatic N) is 1. The van der Waals surface area contributed by atoms with E-state index in [-0.39, 0.29) is 0 Å². The van der Waals surface area contributed by atoms with E-state index in [1.807, 2.05) is 72.8 Å². The first-order valence-electron chi connectivity index (χ1n) is 8.44. The highest BCUT2D eigenvalue weighted by Gasteiger charge is 1.76. The molecule has 0 radical (unpaired) electrons. The summed E-state index contributed by atoms with van der Waals surface area (Å²) in [6.07, 6.45) is 11.4. The molecule has 2 aromatic rings. The zero-order chi connectivity index (χ0) is 21.9. The number of nitriles is 1. The van der Waals surface area contributed by atoms with E-state index < -0.39 is 0 Å². The molecule has 2 rings (SSSR count). The first-order valence-corrected chi connectivity index (χ1v) is 8.44. The van der Waals surface area contributed by atoms with Crippen LogP contribution in [0.25, 0.3) is 12.2 Å². The second-order valence-electron chi connectivity index (χ2n) is 4.51. The normalized spacial score (nSPS) is 6.82. The van der Waals surface area contributed by atoms with E-state index in [2.05, 4.69) is 46.1 Å². The number of rotatable bonds is 4. The van der Waals surface area contributed by atoms with Crippen LogP contribution >= 0.6 is 0 Å². The molecule has 0 bridgehead atoms. The van der Waals surface area contributed by atoms with Crippen LogP contribution in [0.15, 0.2) is 137 Å². The molecule has 0 N–H and O–H groups in total. The van der Waals surface area contributed by atoms with Crippen molar-refractivity contribution in [2.24, 2.45) is 0 Å². The fraction of sp³-hybridized carbons (Fsp3) is 0. The summed E-state index contributed by atoms with van der Waals surface area (Å²) < 4.78 is 0. The van der Waals surface area contributed by atoms with E-state index in [0.717, 1.165) is 0 Å². The summed E-state index contributed by atoms with van der Waals surface area (Å²) in [7, 11) is 0. The molecular weight excluding hydrogens is 338 g/mol. The maximum Gasteiger partial charge on any atom is 0.0905 e. The molecule has 144 valence electrons. The highest BCUT2D eigenvalue weighted by Crippen LogP contribution is 1.98. The quantitative estimate of drug-likeness (QED) is 0.395. The number of benzene rings is 2. The average molecular weight is 370 g/mol. The highest BCUT2D eigenvalue weighted by atomic mass is 14.2. The molecule has 1 heteroatoms. The van der Waals surface area contributed by atoms with Gasteiger partial charge in [0.05, 0.1) is 6.07 Å². The lowest BCUT2D eigenvalue weighted by Crippen LogP contribution is -1.63. The van der Waals surface area contributed by atoms with Crippen molar-refractivity contribution in [1.29, 1.82) is 5.26 Å². The predicted molar refractivity (Wildman–Crippen MR) is 130 cm³/mol. The van der Waals surface area contributed by atoms with E-state index in [1.165, 1.54) is 17.2 Å². The number of hydrogen-bond donors (Lipinski definition) is 0. The van der Waals surface area contributed by atoms with Gasteiger partial charge in [0.1, 0.15) is 0 Å². The Morgan fingerprint density at radius 1 is 0.536 bits per heavy atom. The third-order valence-electron chi connectivity index (χ3n) is 2.50. The lowest BCUT2D eigenvalue weighted by molar-refractivity contribution is 1.54. The highest BCUT2D eigenvalue weighted by molar-refractivity contribution is 5.46. The molecule has 0 aliphatic rings. The van der Waals surface area contributed by atoms with Gasteiger partial charge in [-0.05, 0) is 11.1 Å². The van der Waals surface area contributed by atoms with Crippen molar-refractivity contribution < 1.29 is 0 Å². The van der Waals surface area contributed by atoms with E-state index in [9.17, 15) is 0 Å². The van der Waals surface area contributed by atoms with Crippen molar-refractivity contribution in [1.82, 2.24) is 0 Å². The van der Waals surface area contributed by atoms with Gasteiger partial charge in [-0.2, -0.15) is 5.26 Å². The Labute approximate surface area is 172 Å². The molecule has 0 saturated carbocycles. The summed E-state index contributed by atoms with van der Waals surface area (Å²) in [5.74, 6) is 0. The van der Waals surface area contributed by atoms with Gasteiger partial charge in [0.15, 0.2) is 0 Å². The fourth-order valence-corrected chi connectivity index (χ4v) is 1.18. The van der Waals surface area contributed by atoms with Gasteiger partial charge in [0, 0.05) is 6.08 Å². The Kier molecular flexibility index (Phi) is 28.8. The molecule has 0 aromatic heterocycles. The number of allylic oxidation sites excluding steroid dienone is 5. The van der Waals surface area contributed by atoms with Crippen LogP contribution in [0.5, 0.6) is 0 Å². The fourth-order valence-electron chi connectivity index (χ4n) is 1.18. The average Bonchev–Trinajstić information content (AvgIpc) is 2.81. The Balaban J connectivity index is -0.000000294. The Morgan fingerprint density at radius 3 is 0.893 bits per heavy atom. The minimum atomic E-state index is 1.17. The molecule has 0 amide bonds. The van der Waals surface area contributed by atoms with E-state index in [0.29, 0.717) is 0 Å². The van der Waals surface area contributed by atoms with Crippen molar-refractivity contribution in [3.63, 3.8) is 0 Å². The van der Waals surface area contributed by atoms with Crippen molar-refractivity contribution in [3.05, 3.63) is 148 Å². The molecule has 0 fully saturated rings. The molecule has 0 aliphatic heterocycles. The topological polar surface area (TPSA) is 23.8 Å². The van der Waals surface area contributed by atoms with Gasteiger partial charge in [-0.1, -0.05) is 143 Å². The zero-order valence-corrected chi connectivity index (χ0v) is 16.7. The van der Waals surface area contributed by atoms with Crippen LogP contribution in [0.3, 0.4) is 0 Å². The molecule has 0 atom stereocenters. The molecular formula is C27H31N. The minimum absolute atomic E-state index is 1.17. The standard InChI is InChI=1S/2C8H8.2C4H6.C3H3N/c2*1-2-8-6-4-3-5-7-8;2*1-3-4-2;1-2-3-4/h2*2-7H,1H2;2*3-4H,1-2H2;2H,1H2. The van der Waals surface area contributed by atoms with Crippen LogP contribution in [0, 0.1) is 11.3 Å². The maximum absolute atomic E-state index is 7.51. The molecule has 28 heavy (non-hydrogen) atoms. The predicted octanol–water partition coefficient (Wildman–Crippen LogP) is 8.07. The monoisotopic (exact) mass is 369 g/mol. The van der Waals surface area contributed by atoms with E-state index in [1.54, 1.807) is 30.4 Å². The van der Waals surface area contributed by atoms with Crippen molar-refractivity contribution in [2.45, 2.75) is 0 Å². The van der Waals surface area contributed by atoms with Crippen LogP contribution in [0.2, 0.25) is 0 Å². The lowest BCUT2D eigenvalue weighted by atomic mass is 10.2. The Hall–Kier alpha value is -3.89. The molecule has 0 unspecified atom stereocenters. The van der Waals surface area contributed by atoms with Crippen LogP contribution < -0.4 is 0 Å². The molecule has 0 aliphatic carbocycles. The summed E-state index contributed by atoms with van der Waals surface area (Å²) in [6, 6.07) is 21.8. The van der Waals surface area contributed by atoms with E-state index >= 15 is 0 Å². The third kappa shape index (κ3) is 27.0. The van der Waals surface area contributed by atoms with Gasteiger partial charge in [-0.3, -0.25) is 0 Å². The minimum Gasteiger partial charge on any atom is -0.193 e. The SMILES string of the molecule is C=CC#N.C=CC=C.C=CC=C.C=Cc1ccccc1.C=Cc1ccccc1. The Bertz CT molecular complexity index is 633. The van der Waals surface area contributed by atoms with Gasteiger partial charge < -0.3 is 0 Å². The smallest absolute Gasteiger partial charge is 0.0905 e. The van der Waals surface area contributed by atoms with Crippen LogP contribution in [-0.4, -0.2) is 0 Å². The second-order valence-corrected chi connectivity index (χ2v) is 4.51. The van der Waals surface area contributed by atoms with Gasteiger partial charge in [0.2, 0.25) is 0 Å². The maximum atomic E-state index is 7.51. The van der Waals surface area contributed by atoms with Gasteiger partial charge in [-0.25, -0.2) is 0 Å². The van der Waals surface area contributed by atoms with Gasteiger partial charge in [-0.15, -0.1) is 0 Å². The van der Waals surface area contributed by atoms with Crippen molar-refractivity contribution in [3.8, 4) is 6.07 Å². The van der Waals surface area contributed by atoms with E-state index in [4.69, 9.17) is 5.26 Å². The summed E-state index contributed by atoms with van der Waals surface area (Å²) in [6.45, 7) is 23.8. The first kappa shape index (κ1) is 28.9.